The number of hydrogen-bond donors (Lipinski definition) is 1. The zero-order valence-electron chi connectivity index (χ0n) is 21.1. The van der Waals surface area contributed by atoms with Crippen LogP contribution in [0, 0.1) is 13.8 Å². The second kappa shape index (κ2) is 11.1. The number of aryl methyl sites for hydroxylation is 1. The summed E-state index contributed by atoms with van der Waals surface area (Å²) in [5, 5.41) is 11.0. The molecule has 0 fully saturated rings. The molecule has 0 bridgehead atoms. The second-order valence-electron chi connectivity index (χ2n) is 8.34. The smallest absolute Gasteiger partial charge is 0.341 e. The van der Waals surface area contributed by atoms with Crippen molar-refractivity contribution in [3.05, 3.63) is 62.2 Å². The number of ether oxygens (including phenoxy) is 3. The zero-order valence-corrected chi connectivity index (χ0v) is 22.7. The van der Waals surface area contributed by atoms with Crippen molar-refractivity contribution < 1.29 is 28.6 Å². The number of hydrogen-bond acceptors (Lipinski definition) is 9. The summed E-state index contributed by atoms with van der Waals surface area (Å²) in [5.74, 6) is -0.325. The molecule has 3 aromatic rings. The number of carbonyl (C=O) groups is 3. The molecule has 1 aromatic carbocycles. The van der Waals surface area contributed by atoms with Crippen molar-refractivity contribution in [2.24, 2.45) is 5.10 Å². The van der Waals surface area contributed by atoms with Crippen LogP contribution in [0.4, 0.5) is 5.00 Å². The number of thiophene rings is 2. The lowest BCUT2D eigenvalue weighted by Gasteiger charge is -2.23. The van der Waals surface area contributed by atoms with Crippen LogP contribution in [0.1, 0.15) is 50.6 Å². The van der Waals surface area contributed by atoms with Crippen LogP contribution >= 0.6 is 22.7 Å². The highest BCUT2D eigenvalue weighted by atomic mass is 32.1. The summed E-state index contributed by atoms with van der Waals surface area (Å²) in [7, 11) is 3.11. The lowest BCUT2D eigenvalue weighted by atomic mass is 10.0. The molecule has 3 heterocycles. The maximum Gasteiger partial charge on any atom is 0.341 e. The van der Waals surface area contributed by atoms with Gasteiger partial charge in [-0.2, -0.15) is 5.10 Å². The van der Waals surface area contributed by atoms with E-state index in [4.69, 9.17) is 14.2 Å². The number of amides is 2. The molecule has 0 unspecified atom stereocenters. The third kappa shape index (κ3) is 5.52. The minimum absolute atomic E-state index is 0.256. The third-order valence-electron chi connectivity index (χ3n) is 5.97. The van der Waals surface area contributed by atoms with Crippen LogP contribution in [0.5, 0.6) is 11.5 Å². The number of nitrogens with zero attached hydrogens (tertiary/aromatic N) is 2. The van der Waals surface area contributed by atoms with Gasteiger partial charge < -0.3 is 19.5 Å². The van der Waals surface area contributed by atoms with Crippen molar-refractivity contribution in [2.45, 2.75) is 33.2 Å². The van der Waals surface area contributed by atoms with E-state index in [1.807, 2.05) is 36.6 Å². The third-order valence-corrected chi connectivity index (χ3v) is 8.01. The number of methoxy groups -OCH3 is 2. The summed E-state index contributed by atoms with van der Waals surface area (Å²) in [6, 6.07) is 8.93. The first-order chi connectivity index (χ1) is 17.7. The van der Waals surface area contributed by atoms with Gasteiger partial charge in [0.25, 0.3) is 5.91 Å². The average molecular weight is 542 g/mol. The lowest BCUT2D eigenvalue weighted by molar-refractivity contribution is -0.136. The maximum absolute atomic E-state index is 13.3. The molecule has 1 aliphatic rings. The predicted molar refractivity (Wildman–Crippen MR) is 143 cm³/mol. The van der Waals surface area contributed by atoms with Crippen molar-refractivity contribution in [3.8, 4) is 11.5 Å². The highest BCUT2D eigenvalue weighted by Gasteiger charge is 2.35. The number of esters is 1. The van der Waals surface area contributed by atoms with Gasteiger partial charge in [0.1, 0.15) is 5.00 Å². The van der Waals surface area contributed by atoms with E-state index in [9.17, 15) is 14.4 Å². The summed E-state index contributed by atoms with van der Waals surface area (Å²) in [6.45, 7) is 4.50. The van der Waals surface area contributed by atoms with Gasteiger partial charge in [-0.15, -0.1) is 22.7 Å². The Kier molecular flexibility index (Phi) is 7.94. The number of benzene rings is 1. The summed E-state index contributed by atoms with van der Waals surface area (Å²) < 4.78 is 16.2. The molecule has 0 spiro atoms. The van der Waals surface area contributed by atoms with Crippen LogP contribution in [-0.2, 0) is 14.3 Å². The van der Waals surface area contributed by atoms with Crippen LogP contribution in [-0.4, -0.2) is 49.3 Å². The van der Waals surface area contributed by atoms with Gasteiger partial charge in [-0.05, 0) is 48.6 Å². The summed E-state index contributed by atoms with van der Waals surface area (Å²) in [5.41, 5.74) is 2.54. The van der Waals surface area contributed by atoms with Gasteiger partial charge >= 0.3 is 5.97 Å². The first-order valence-electron chi connectivity index (χ1n) is 11.4. The van der Waals surface area contributed by atoms with Crippen LogP contribution in [0.25, 0.3) is 0 Å². The molecule has 2 amide bonds. The fourth-order valence-corrected chi connectivity index (χ4v) is 5.85. The van der Waals surface area contributed by atoms with E-state index in [1.54, 1.807) is 27.2 Å². The molecule has 9 nitrogen and oxygen atoms in total. The van der Waals surface area contributed by atoms with Gasteiger partial charge in [0.2, 0.25) is 5.91 Å². The number of hydrazone groups is 1. The molecule has 4 rings (SSSR count). The second-order valence-corrected chi connectivity index (χ2v) is 10.5. The molecule has 0 saturated heterocycles. The SMILES string of the molecule is COc1ccc([C@H]2CC(c3cccs3)=NN2C(=O)COC(=O)c2c(NC(C)=O)sc(C)c2C)cc1OC. The molecular formula is C26H27N3O6S2. The van der Waals surface area contributed by atoms with Crippen molar-refractivity contribution >= 4 is 51.2 Å². The van der Waals surface area contributed by atoms with Gasteiger partial charge in [-0.3, -0.25) is 9.59 Å². The van der Waals surface area contributed by atoms with E-state index in [1.165, 1.54) is 34.6 Å². The fourth-order valence-electron chi connectivity index (χ4n) is 4.04. The summed E-state index contributed by atoms with van der Waals surface area (Å²) in [6.07, 6.45) is 0.491. The van der Waals surface area contributed by atoms with Gasteiger partial charge in [0.05, 0.1) is 36.4 Å². The van der Waals surface area contributed by atoms with Crippen LogP contribution in [0.2, 0.25) is 0 Å². The van der Waals surface area contributed by atoms with Crippen LogP contribution in [0.3, 0.4) is 0 Å². The normalized spacial score (nSPS) is 14.8. The van der Waals surface area contributed by atoms with Gasteiger partial charge in [-0.25, -0.2) is 9.80 Å². The van der Waals surface area contributed by atoms with Gasteiger partial charge in [-0.1, -0.05) is 12.1 Å². The Labute approximate surface area is 222 Å². The Morgan fingerprint density at radius 2 is 1.89 bits per heavy atom. The predicted octanol–water partition coefficient (Wildman–Crippen LogP) is 4.94. The highest BCUT2D eigenvalue weighted by Crippen LogP contribution is 2.38. The number of nitrogens with one attached hydrogen (secondary N) is 1. The average Bonchev–Trinajstić information content (AvgIpc) is 3.61. The topological polar surface area (TPSA) is 107 Å². The molecule has 1 atom stereocenters. The quantitative estimate of drug-likeness (QED) is 0.405. The van der Waals surface area contributed by atoms with Gasteiger partial charge in [0.15, 0.2) is 18.1 Å². The van der Waals surface area contributed by atoms with Crippen LogP contribution in [0.15, 0.2) is 40.8 Å². The largest absolute Gasteiger partial charge is 0.493 e. The minimum atomic E-state index is -0.678. The number of anilines is 1. The standard InChI is InChI=1S/C26H27N3O6S2/c1-14-15(2)37-25(27-16(3)30)24(14)26(32)35-13-23(31)29-19(12-18(28-29)22-7-6-10-36-22)17-8-9-20(33-4)21(11-17)34-5/h6-11,19H,12-13H2,1-5H3,(H,27,30)/t19-/m1/s1. The molecule has 0 aliphatic carbocycles. The molecule has 2 aromatic heterocycles. The van der Waals surface area contributed by atoms with Crippen molar-refractivity contribution in [3.63, 3.8) is 0 Å². The van der Waals surface area contributed by atoms with Crippen molar-refractivity contribution in [1.29, 1.82) is 0 Å². The monoisotopic (exact) mass is 541 g/mol. The molecule has 0 radical (unpaired) electrons. The lowest BCUT2D eigenvalue weighted by Crippen LogP contribution is -2.31. The first-order valence-corrected chi connectivity index (χ1v) is 13.1. The Morgan fingerprint density at radius 1 is 1.14 bits per heavy atom. The Hall–Kier alpha value is -3.70. The van der Waals surface area contributed by atoms with E-state index < -0.39 is 24.5 Å². The molecule has 11 heteroatoms. The summed E-state index contributed by atoms with van der Waals surface area (Å²) in [4.78, 5) is 39.7. The number of carbonyl (C=O) groups excluding carboxylic acids is 3. The molecule has 1 aliphatic heterocycles. The first kappa shape index (κ1) is 26.4. The van der Waals surface area contributed by atoms with Crippen molar-refractivity contribution in [1.82, 2.24) is 5.01 Å². The molecule has 37 heavy (non-hydrogen) atoms. The van der Waals surface area contributed by atoms with Gasteiger partial charge in [0, 0.05) is 18.2 Å². The highest BCUT2D eigenvalue weighted by molar-refractivity contribution is 7.16. The van der Waals surface area contributed by atoms with E-state index in [2.05, 4.69) is 10.4 Å². The van der Waals surface area contributed by atoms with E-state index in [0.717, 1.165) is 21.0 Å². The summed E-state index contributed by atoms with van der Waals surface area (Å²) >= 11 is 2.83. The zero-order chi connectivity index (χ0) is 26.7. The van der Waals surface area contributed by atoms with E-state index in [0.29, 0.717) is 28.5 Å². The van der Waals surface area contributed by atoms with E-state index in [-0.39, 0.29) is 11.5 Å². The van der Waals surface area contributed by atoms with Crippen LogP contribution < -0.4 is 14.8 Å². The molecule has 194 valence electrons. The Morgan fingerprint density at radius 3 is 2.54 bits per heavy atom. The molecular weight excluding hydrogens is 514 g/mol. The fraction of sp³-hybridized carbons (Fsp3) is 0.308. The van der Waals surface area contributed by atoms with Crippen molar-refractivity contribution in [2.75, 3.05) is 26.1 Å². The maximum atomic E-state index is 13.3. The Balaban J connectivity index is 1.57. The molecule has 0 saturated carbocycles. The number of rotatable bonds is 8. The molecule has 1 N–H and O–H groups in total. The minimum Gasteiger partial charge on any atom is -0.493 e. The Bertz CT molecular complexity index is 1360. The van der Waals surface area contributed by atoms with E-state index >= 15 is 0 Å².